The highest BCUT2D eigenvalue weighted by molar-refractivity contribution is 7.26. The maximum atomic E-state index is 2.51. The van der Waals surface area contributed by atoms with Crippen molar-refractivity contribution in [2.24, 2.45) is 0 Å². The zero-order chi connectivity index (χ0) is 32.5. The van der Waals surface area contributed by atoms with Gasteiger partial charge in [0, 0.05) is 42.7 Å². The molecule has 0 aliphatic heterocycles. The molecule has 0 unspecified atom stereocenters. The van der Waals surface area contributed by atoms with Gasteiger partial charge in [-0.2, -0.15) is 0 Å². The van der Waals surface area contributed by atoms with Crippen LogP contribution >= 0.6 is 11.3 Å². The Hall–Kier alpha value is -5.64. The molecule has 0 amide bonds. The van der Waals surface area contributed by atoms with E-state index < -0.39 is 0 Å². The SMILES string of the molecule is CCCCc1ccc2sc3c(-n4c5ccccc5c5c4ccc4c6ccccc6n(-c6ccc(-c7ccccc7)cc6)c45)cccc3c2c1. The number of thiophene rings is 1. The number of aromatic nitrogens is 2. The van der Waals surface area contributed by atoms with Crippen molar-refractivity contribution in [3.05, 3.63) is 157 Å². The molecule has 3 heteroatoms. The Kier molecular flexibility index (Phi) is 6.50. The van der Waals surface area contributed by atoms with E-state index in [9.17, 15) is 0 Å². The third-order valence-electron chi connectivity index (χ3n) is 10.3. The molecule has 234 valence electrons. The van der Waals surface area contributed by atoms with Crippen LogP contribution in [0, 0.1) is 0 Å². The van der Waals surface area contributed by atoms with Gasteiger partial charge in [0.05, 0.1) is 32.5 Å². The van der Waals surface area contributed by atoms with E-state index in [0.29, 0.717) is 0 Å². The molecule has 10 aromatic rings. The maximum absolute atomic E-state index is 2.51. The number of benzene rings is 7. The fourth-order valence-electron chi connectivity index (χ4n) is 8.01. The van der Waals surface area contributed by atoms with Crippen molar-refractivity contribution in [2.75, 3.05) is 0 Å². The third kappa shape index (κ3) is 4.32. The molecule has 3 heterocycles. The molecule has 0 saturated heterocycles. The molecule has 0 aliphatic rings. The highest BCUT2D eigenvalue weighted by atomic mass is 32.1. The fraction of sp³-hybridized carbons (Fsp3) is 0.0870. The second-order valence-electron chi connectivity index (χ2n) is 13.2. The highest BCUT2D eigenvalue weighted by Gasteiger charge is 2.22. The van der Waals surface area contributed by atoms with Crippen molar-refractivity contribution >= 4 is 75.1 Å². The van der Waals surface area contributed by atoms with E-state index >= 15 is 0 Å². The summed E-state index contributed by atoms with van der Waals surface area (Å²) < 4.78 is 7.69. The van der Waals surface area contributed by atoms with Gasteiger partial charge in [-0.25, -0.2) is 0 Å². The maximum Gasteiger partial charge on any atom is 0.0641 e. The molecule has 49 heavy (non-hydrogen) atoms. The first kappa shape index (κ1) is 28.4. The fourth-order valence-corrected chi connectivity index (χ4v) is 9.20. The molecule has 7 aromatic carbocycles. The predicted molar refractivity (Wildman–Crippen MR) is 212 cm³/mol. The van der Waals surface area contributed by atoms with Crippen LogP contribution in [0.3, 0.4) is 0 Å². The zero-order valence-electron chi connectivity index (χ0n) is 27.4. The molecule has 10 rings (SSSR count). The normalized spacial score (nSPS) is 12.0. The molecule has 0 N–H and O–H groups in total. The third-order valence-corrected chi connectivity index (χ3v) is 11.5. The summed E-state index contributed by atoms with van der Waals surface area (Å²) in [6.07, 6.45) is 3.57. The monoisotopic (exact) mass is 646 g/mol. The quantitative estimate of drug-likeness (QED) is 0.170. The summed E-state index contributed by atoms with van der Waals surface area (Å²) in [5.41, 5.74) is 11.2. The second kappa shape index (κ2) is 11.2. The van der Waals surface area contributed by atoms with Crippen LogP contribution in [0.25, 0.3) is 86.3 Å². The largest absolute Gasteiger partial charge is 0.309 e. The predicted octanol–water partition coefficient (Wildman–Crippen LogP) is 13.3. The molecule has 0 bridgehead atoms. The number of para-hydroxylation sites is 2. The van der Waals surface area contributed by atoms with Gasteiger partial charge in [-0.05, 0) is 78.1 Å². The minimum absolute atomic E-state index is 1.13. The van der Waals surface area contributed by atoms with Crippen LogP contribution in [0.4, 0.5) is 0 Å². The lowest BCUT2D eigenvalue weighted by molar-refractivity contribution is 0.796. The summed E-state index contributed by atoms with van der Waals surface area (Å²) in [7, 11) is 0. The lowest BCUT2D eigenvalue weighted by Crippen LogP contribution is -1.95. The smallest absolute Gasteiger partial charge is 0.0641 e. The van der Waals surface area contributed by atoms with E-state index in [4.69, 9.17) is 0 Å². The molecular formula is C46H34N2S. The first-order chi connectivity index (χ1) is 24.3. The minimum Gasteiger partial charge on any atom is -0.309 e. The van der Waals surface area contributed by atoms with E-state index in [1.165, 1.54) is 105 Å². The van der Waals surface area contributed by atoms with Crippen molar-refractivity contribution in [3.63, 3.8) is 0 Å². The number of hydrogen-bond acceptors (Lipinski definition) is 1. The van der Waals surface area contributed by atoms with Gasteiger partial charge in [0.2, 0.25) is 0 Å². The van der Waals surface area contributed by atoms with Crippen LogP contribution in [0.15, 0.2) is 152 Å². The van der Waals surface area contributed by atoms with Gasteiger partial charge in [-0.15, -0.1) is 11.3 Å². The number of nitrogens with zero attached hydrogens (tertiary/aromatic N) is 2. The van der Waals surface area contributed by atoms with Crippen LogP contribution in [0.5, 0.6) is 0 Å². The Bertz CT molecular complexity index is 2850. The number of hydrogen-bond donors (Lipinski definition) is 0. The lowest BCUT2D eigenvalue weighted by atomic mass is 10.0. The van der Waals surface area contributed by atoms with E-state index in [-0.39, 0.29) is 0 Å². The van der Waals surface area contributed by atoms with Crippen molar-refractivity contribution in [3.8, 4) is 22.5 Å². The van der Waals surface area contributed by atoms with Gasteiger partial charge in [0.1, 0.15) is 0 Å². The molecule has 0 radical (unpaired) electrons. The molecule has 0 atom stereocenters. The van der Waals surface area contributed by atoms with Gasteiger partial charge in [-0.1, -0.05) is 116 Å². The highest BCUT2D eigenvalue weighted by Crippen LogP contribution is 2.45. The zero-order valence-corrected chi connectivity index (χ0v) is 28.2. The summed E-state index contributed by atoms with van der Waals surface area (Å²) in [6, 6.07) is 56.2. The van der Waals surface area contributed by atoms with Crippen LogP contribution in [-0.2, 0) is 6.42 Å². The van der Waals surface area contributed by atoms with Crippen molar-refractivity contribution in [2.45, 2.75) is 26.2 Å². The van der Waals surface area contributed by atoms with E-state index in [1.807, 2.05) is 11.3 Å². The first-order valence-electron chi connectivity index (χ1n) is 17.3. The summed E-state index contributed by atoms with van der Waals surface area (Å²) in [5, 5.41) is 7.82. The van der Waals surface area contributed by atoms with Gasteiger partial charge in [0.25, 0.3) is 0 Å². The van der Waals surface area contributed by atoms with Crippen LogP contribution in [-0.4, -0.2) is 9.13 Å². The minimum atomic E-state index is 1.13. The second-order valence-corrected chi connectivity index (χ2v) is 14.2. The summed E-state index contributed by atoms with van der Waals surface area (Å²) in [5.74, 6) is 0. The van der Waals surface area contributed by atoms with E-state index in [1.54, 1.807) is 0 Å². The van der Waals surface area contributed by atoms with Crippen molar-refractivity contribution in [1.29, 1.82) is 0 Å². The van der Waals surface area contributed by atoms with Crippen LogP contribution in [0.2, 0.25) is 0 Å². The Morgan fingerprint density at radius 3 is 2.04 bits per heavy atom. The van der Waals surface area contributed by atoms with Crippen LogP contribution < -0.4 is 0 Å². The molecule has 3 aromatic heterocycles. The Morgan fingerprint density at radius 2 is 1.22 bits per heavy atom. The summed E-state index contributed by atoms with van der Waals surface area (Å²) in [6.45, 7) is 2.27. The van der Waals surface area contributed by atoms with Gasteiger partial charge >= 0.3 is 0 Å². The summed E-state index contributed by atoms with van der Waals surface area (Å²) in [4.78, 5) is 0. The Labute approximate surface area is 289 Å². The van der Waals surface area contributed by atoms with Crippen LogP contribution in [0.1, 0.15) is 25.3 Å². The molecule has 0 aliphatic carbocycles. The summed E-state index contributed by atoms with van der Waals surface area (Å²) >= 11 is 1.92. The number of aryl methyl sites for hydroxylation is 1. The topological polar surface area (TPSA) is 9.86 Å². The van der Waals surface area contributed by atoms with E-state index in [2.05, 4.69) is 168 Å². The number of rotatable bonds is 6. The Balaban J connectivity index is 1.27. The molecule has 0 saturated carbocycles. The number of unbranched alkanes of at least 4 members (excludes halogenated alkanes) is 1. The first-order valence-corrected chi connectivity index (χ1v) is 18.2. The van der Waals surface area contributed by atoms with Gasteiger partial charge in [-0.3, -0.25) is 0 Å². The van der Waals surface area contributed by atoms with Crippen molar-refractivity contribution in [1.82, 2.24) is 9.13 Å². The van der Waals surface area contributed by atoms with E-state index in [0.717, 1.165) is 6.42 Å². The number of fused-ring (bicyclic) bond motifs is 10. The van der Waals surface area contributed by atoms with Crippen molar-refractivity contribution < 1.29 is 0 Å². The Morgan fingerprint density at radius 1 is 0.510 bits per heavy atom. The van der Waals surface area contributed by atoms with Gasteiger partial charge in [0.15, 0.2) is 0 Å². The standard InChI is InChI=1S/C46H34N2S/c1-2-3-12-30-21-28-43-38(29-30)36-17-11-20-42(46(36)49-43)48-40-19-10-8-16-37(40)44-41(48)27-26-35-34-15-7-9-18-39(34)47(45(35)44)33-24-22-32(23-25-33)31-13-5-4-6-14-31/h4-11,13-29H,2-3,12H2,1H3. The molecular weight excluding hydrogens is 613 g/mol. The van der Waals surface area contributed by atoms with Gasteiger partial charge < -0.3 is 9.13 Å². The molecule has 0 fully saturated rings. The average molecular weight is 647 g/mol. The molecule has 2 nitrogen and oxygen atoms in total. The average Bonchev–Trinajstić information content (AvgIpc) is 3.82. The lowest BCUT2D eigenvalue weighted by Gasteiger charge is -2.11. The molecule has 0 spiro atoms.